The maximum absolute atomic E-state index is 8.45. The Labute approximate surface area is 102 Å². The van der Waals surface area contributed by atoms with Crippen LogP contribution in [0.3, 0.4) is 0 Å². The monoisotopic (exact) mass is 239 g/mol. The molecule has 17 heavy (non-hydrogen) atoms. The molecule has 1 heterocycles. The van der Waals surface area contributed by atoms with E-state index in [2.05, 4.69) is 28.1 Å². The zero-order chi connectivity index (χ0) is 12.8. The predicted octanol–water partition coefficient (Wildman–Crippen LogP) is 0.780. The van der Waals surface area contributed by atoms with Gasteiger partial charge in [-0.3, -0.25) is 4.68 Å². The molecule has 3 N–H and O–H groups in total. The Hall–Kier alpha value is -1.56. The lowest BCUT2D eigenvalue weighted by Gasteiger charge is -2.16. The Balaban J connectivity index is 2.52. The van der Waals surface area contributed by atoms with Crippen molar-refractivity contribution < 1.29 is 5.21 Å². The molecule has 1 aromatic heterocycles. The van der Waals surface area contributed by atoms with Crippen LogP contribution in [0.4, 0.5) is 0 Å². The van der Waals surface area contributed by atoms with Gasteiger partial charge in [-0.15, -0.1) is 0 Å². The van der Waals surface area contributed by atoms with E-state index >= 15 is 0 Å². The fraction of sp³-hybridized carbons (Fsp3) is 0.636. The number of aryl methyl sites for hydroxylation is 2. The molecule has 6 heteroatoms. The quantitative estimate of drug-likeness (QED) is 0.333. The lowest BCUT2D eigenvalue weighted by Crippen LogP contribution is -2.25. The molecule has 1 aromatic rings. The molecule has 0 unspecified atom stereocenters. The molecule has 1 rings (SSSR count). The van der Waals surface area contributed by atoms with Crippen LogP contribution in [0, 0.1) is 6.92 Å². The third-order valence-electron chi connectivity index (χ3n) is 2.60. The van der Waals surface area contributed by atoms with Gasteiger partial charge in [-0.2, -0.15) is 5.10 Å². The highest BCUT2D eigenvalue weighted by atomic mass is 16.4. The number of amidine groups is 1. The van der Waals surface area contributed by atoms with Crippen LogP contribution in [-0.4, -0.2) is 39.3 Å². The summed E-state index contributed by atoms with van der Waals surface area (Å²) < 4.78 is 2.00. The summed E-state index contributed by atoms with van der Waals surface area (Å²) in [5, 5.41) is 15.8. The van der Waals surface area contributed by atoms with Gasteiger partial charge < -0.3 is 15.8 Å². The smallest absolute Gasteiger partial charge is 0.140 e. The lowest BCUT2D eigenvalue weighted by molar-refractivity contribution is 0.306. The first-order chi connectivity index (χ1) is 8.06. The molecule has 96 valence electrons. The number of aromatic nitrogens is 2. The van der Waals surface area contributed by atoms with Crippen LogP contribution in [-0.2, 0) is 13.1 Å². The Kier molecular flexibility index (Phi) is 4.96. The minimum absolute atomic E-state index is 0.261. The van der Waals surface area contributed by atoms with E-state index in [-0.39, 0.29) is 5.84 Å². The summed E-state index contributed by atoms with van der Waals surface area (Å²) in [4.78, 5) is 2.13. The van der Waals surface area contributed by atoms with Crippen LogP contribution in [0.5, 0.6) is 0 Å². The van der Waals surface area contributed by atoms with Gasteiger partial charge >= 0.3 is 0 Å². The largest absolute Gasteiger partial charge is 0.409 e. The third kappa shape index (κ3) is 4.07. The molecule has 0 saturated heterocycles. The van der Waals surface area contributed by atoms with Crippen LogP contribution >= 0.6 is 0 Å². The lowest BCUT2D eigenvalue weighted by atomic mass is 10.3. The SMILES string of the molecule is CCn1nc(C)cc1CN(C)CCC(N)=NO. The standard InChI is InChI=1S/C11H21N5O/c1-4-16-10(7-9(2)13-16)8-15(3)6-5-11(12)14-17/h7,17H,4-6,8H2,1-3H3,(H2,12,14). The van der Waals surface area contributed by atoms with E-state index in [4.69, 9.17) is 10.9 Å². The average Bonchev–Trinajstić information content (AvgIpc) is 2.66. The second-order valence-corrected chi connectivity index (χ2v) is 4.17. The number of rotatable bonds is 6. The second kappa shape index (κ2) is 6.24. The number of nitrogens with two attached hydrogens (primary N) is 1. The van der Waals surface area contributed by atoms with Gasteiger partial charge in [-0.05, 0) is 27.0 Å². The Morgan fingerprint density at radius 3 is 2.94 bits per heavy atom. The van der Waals surface area contributed by atoms with Crippen molar-refractivity contribution >= 4 is 5.84 Å². The van der Waals surface area contributed by atoms with E-state index in [0.29, 0.717) is 6.42 Å². The molecule has 0 aliphatic rings. The summed E-state index contributed by atoms with van der Waals surface area (Å²) in [5.74, 6) is 0.261. The van der Waals surface area contributed by atoms with Gasteiger partial charge in [0.25, 0.3) is 0 Å². The molecular formula is C11H21N5O. The summed E-state index contributed by atoms with van der Waals surface area (Å²) in [5.41, 5.74) is 7.65. The van der Waals surface area contributed by atoms with Crippen LogP contribution < -0.4 is 5.73 Å². The summed E-state index contributed by atoms with van der Waals surface area (Å²) in [6.45, 7) is 6.51. The molecule has 0 aliphatic carbocycles. The van der Waals surface area contributed by atoms with Gasteiger partial charge in [0.1, 0.15) is 5.84 Å². The van der Waals surface area contributed by atoms with Crippen molar-refractivity contribution in [3.8, 4) is 0 Å². The summed E-state index contributed by atoms with van der Waals surface area (Å²) in [6, 6.07) is 2.09. The number of hydrogen-bond donors (Lipinski definition) is 2. The van der Waals surface area contributed by atoms with Crippen molar-refractivity contribution in [2.45, 2.75) is 33.4 Å². The van der Waals surface area contributed by atoms with Crippen LogP contribution in [0.15, 0.2) is 11.2 Å². The molecule has 0 aliphatic heterocycles. The minimum Gasteiger partial charge on any atom is -0.409 e. The highest BCUT2D eigenvalue weighted by Gasteiger charge is 2.07. The molecule has 0 spiro atoms. The van der Waals surface area contributed by atoms with Gasteiger partial charge in [0.05, 0.1) is 11.4 Å². The summed E-state index contributed by atoms with van der Waals surface area (Å²) in [7, 11) is 2.01. The van der Waals surface area contributed by atoms with Crippen molar-refractivity contribution in [1.82, 2.24) is 14.7 Å². The van der Waals surface area contributed by atoms with Crippen LogP contribution in [0.1, 0.15) is 24.7 Å². The highest BCUT2D eigenvalue weighted by Crippen LogP contribution is 2.06. The summed E-state index contributed by atoms with van der Waals surface area (Å²) >= 11 is 0. The number of hydrogen-bond acceptors (Lipinski definition) is 4. The van der Waals surface area contributed by atoms with E-state index in [1.807, 2.05) is 18.7 Å². The van der Waals surface area contributed by atoms with Gasteiger partial charge in [-0.1, -0.05) is 5.16 Å². The van der Waals surface area contributed by atoms with E-state index in [1.54, 1.807) is 0 Å². The van der Waals surface area contributed by atoms with E-state index in [9.17, 15) is 0 Å². The first kappa shape index (κ1) is 13.5. The van der Waals surface area contributed by atoms with Crippen LogP contribution in [0.2, 0.25) is 0 Å². The van der Waals surface area contributed by atoms with Gasteiger partial charge in [0.2, 0.25) is 0 Å². The van der Waals surface area contributed by atoms with Crippen LogP contribution in [0.25, 0.3) is 0 Å². The molecule has 0 fully saturated rings. The summed E-state index contributed by atoms with van der Waals surface area (Å²) in [6.07, 6.45) is 0.562. The normalized spacial score (nSPS) is 12.4. The minimum atomic E-state index is 0.261. The van der Waals surface area contributed by atoms with E-state index in [0.717, 1.165) is 25.3 Å². The first-order valence-corrected chi connectivity index (χ1v) is 5.75. The first-order valence-electron chi connectivity index (χ1n) is 5.75. The average molecular weight is 239 g/mol. The van der Waals surface area contributed by atoms with E-state index in [1.165, 1.54) is 5.69 Å². The van der Waals surface area contributed by atoms with Crippen molar-refractivity contribution in [3.05, 3.63) is 17.5 Å². The maximum Gasteiger partial charge on any atom is 0.140 e. The molecular weight excluding hydrogens is 218 g/mol. The van der Waals surface area contributed by atoms with Crippen molar-refractivity contribution in [3.63, 3.8) is 0 Å². The topological polar surface area (TPSA) is 79.7 Å². The Bertz CT molecular complexity index is 385. The zero-order valence-corrected chi connectivity index (χ0v) is 10.7. The maximum atomic E-state index is 8.45. The van der Waals surface area contributed by atoms with Gasteiger partial charge in [0.15, 0.2) is 0 Å². The zero-order valence-electron chi connectivity index (χ0n) is 10.7. The molecule has 6 nitrogen and oxygen atoms in total. The van der Waals surface area contributed by atoms with Gasteiger partial charge in [0, 0.05) is 26.1 Å². The predicted molar refractivity (Wildman–Crippen MR) is 67.0 cm³/mol. The Morgan fingerprint density at radius 2 is 2.35 bits per heavy atom. The molecule has 0 atom stereocenters. The molecule has 0 amide bonds. The highest BCUT2D eigenvalue weighted by molar-refractivity contribution is 5.79. The van der Waals surface area contributed by atoms with Crippen molar-refractivity contribution in [2.75, 3.05) is 13.6 Å². The number of oxime groups is 1. The molecule has 0 bridgehead atoms. The molecule has 0 aromatic carbocycles. The second-order valence-electron chi connectivity index (χ2n) is 4.17. The third-order valence-corrected chi connectivity index (χ3v) is 2.60. The molecule has 0 saturated carbocycles. The molecule has 0 radical (unpaired) electrons. The van der Waals surface area contributed by atoms with E-state index < -0.39 is 0 Å². The van der Waals surface area contributed by atoms with Crippen molar-refractivity contribution in [1.29, 1.82) is 0 Å². The van der Waals surface area contributed by atoms with Crippen molar-refractivity contribution in [2.24, 2.45) is 10.9 Å². The Morgan fingerprint density at radius 1 is 1.65 bits per heavy atom. The van der Waals surface area contributed by atoms with Gasteiger partial charge in [-0.25, -0.2) is 0 Å². The number of nitrogens with zero attached hydrogens (tertiary/aromatic N) is 4. The fourth-order valence-electron chi connectivity index (χ4n) is 1.71. The fourth-order valence-corrected chi connectivity index (χ4v) is 1.71.